The molecule has 0 fully saturated rings. The van der Waals surface area contributed by atoms with Crippen LogP contribution in [0.5, 0.6) is 0 Å². The van der Waals surface area contributed by atoms with E-state index in [1.165, 1.54) is 23.9 Å². The quantitative estimate of drug-likeness (QED) is 0.429. The number of rotatable bonds is 7. The number of nitrogens with zero attached hydrogens (tertiary/aromatic N) is 3. The smallest absolute Gasteiger partial charge is 0.262 e. The van der Waals surface area contributed by atoms with Crippen molar-refractivity contribution in [2.24, 2.45) is 0 Å². The van der Waals surface area contributed by atoms with E-state index in [-0.39, 0.29) is 29.1 Å². The van der Waals surface area contributed by atoms with Crippen molar-refractivity contribution in [1.29, 1.82) is 0 Å². The van der Waals surface area contributed by atoms with Crippen LogP contribution in [-0.4, -0.2) is 33.2 Å². The standard InChI is InChI=1S/C22H24FN3O2S/c1-4-13-26-21(28)18-7-5-6-8-19(18)24-22(26)29-14-20(27)25(3)15(2)16-9-11-17(23)12-10-16/h5-12,15H,4,13-14H2,1-3H3. The van der Waals surface area contributed by atoms with Crippen molar-refractivity contribution in [1.82, 2.24) is 14.5 Å². The fourth-order valence-electron chi connectivity index (χ4n) is 3.09. The molecule has 1 heterocycles. The predicted octanol–water partition coefficient (Wildman–Crippen LogP) is 4.26. The van der Waals surface area contributed by atoms with E-state index in [2.05, 4.69) is 4.98 Å². The minimum absolute atomic E-state index is 0.0829. The number of fused-ring (bicyclic) bond motifs is 1. The monoisotopic (exact) mass is 413 g/mol. The van der Waals surface area contributed by atoms with E-state index in [1.54, 1.807) is 34.7 Å². The van der Waals surface area contributed by atoms with Gasteiger partial charge in [0.15, 0.2) is 5.16 Å². The Kier molecular flexibility index (Phi) is 6.69. The zero-order chi connectivity index (χ0) is 21.0. The van der Waals surface area contributed by atoms with Gasteiger partial charge in [0.2, 0.25) is 5.91 Å². The number of hydrogen-bond donors (Lipinski definition) is 0. The van der Waals surface area contributed by atoms with E-state index < -0.39 is 0 Å². The molecule has 0 aliphatic rings. The minimum Gasteiger partial charge on any atom is -0.338 e. The summed E-state index contributed by atoms with van der Waals surface area (Å²) in [5.74, 6) is -0.227. The highest BCUT2D eigenvalue weighted by molar-refractivity contribution is 7.99. The molecular formula is C22H24FN3O2S. The van der Waals surface area contributed by atoms with Crippen LogP contribution in [0, 0.1) is 5.82 Å². The fraction of sp³-hybridized carbons (Fsp3) is 0.318. The Morgan fingerprint density at radius 3 is 2.59 bits per heavy atom. The largest absolute Gasteiger partial charge is 0.338 e. The number of thioether (sulfide) groups is 1. The van der Waals surface area contributed by atoms with Gasteiger partial charge in [-0.15, -0.1) is 0 Å². The molecule has 1 atom stereocenters. The molecule has 0 radical (unpaired) electrons. The third kappa shape index (κ3) is 4.67. The van der Waals surface area contributed by atoms with Crippen LogP contribution in [0.4, 0.5) is 4.39 Å². The Balaban J connectivity index is 1.78. The summed E-state index contributed by atoms with van der Waals surface area (Å²) in [7, 11) is 1.73. The Labute approximate surface area is 173 Å². The van der Waals surface area contributed by atoms with Gasteiger partial charge in [0.1, 0.15) is 5.82 Å². The molecule has 5 nitrogen and oxygen atoms in total. The van der Waals surface area contributed by atoms with Crippen molar-refractivity contribution in [2.75, 3.05) is 12.8 Å². The van der Waals surface area contributed by atoms with Gasteiger partial charge in [-0.3, -0.25) is 14.2 Å². The molecule has 3 rings (SSSR count). The van der Waals surface area contributed by atoms with Gasteiger partial charge in [-0.1, -0.05) is 43.0 Å². The third-order valence-corrected chi connectivity index (χ3v) is 5.89. The molecule has 152 valence electrons. The molecular weight excluding hydrogens is 389 g/mol. The molecule has 0 saturated carbocycles. The van der Waals surface area contributed by atoms with Crippen LogP contribution in [0.2, 0.25) is 0 Å². The zero-order valence-electron chi connectivity index (χ0n) is 16.8. The van der Waals surface area contributed by atoms with Gasteiger partial charge in [0.25, 0.3) is 5.56 Å². The fourth-order valence-corrected chi connectivity index (χ4v) is 4.04. The summed E-state index contributed by atoms with van der Waals surface area (Å²) >= 11 is 1.27. The van der Waals surface area contributed by atoms with Crippen molar-refractivity contribution in [3.8, 4) is 0 Å². The van der Waals surface area contributed by atoms with Gasteiger partial charge < -0.3 is 4.90 Å². The van der Waals surface area contributed by atoms with Crippen molar-refractivity contribution >= 4 is 28.6 Å². The van der Waals surface area contributed by atoms with Crippen LogP contribution in [0.3, 0.4) is 0 Å². The predicted molar refractivity (Wildman–Crippen MR) is 115 cm³/mol. The summed E-state index contributed by atoms with van der Waals surface area (Å²) < 4.78 is 14.8. The lowest BCUT2D eigenvalue weighted by Gasteiger charge is -2.25. The highest BCUT2D eigenvalue weighted by Crippen LogP contribution is 2.22. The minimum atomic E-state index is -0.304. The first kappa shape index (κ1) is 21.0. The maximum absolute atomic E-state index is 13.1. The van der Waals surface area contributed by atoms with Gasteiger partial charge in [-0.25, -0.2) is 9.37 Å². The maximum Gasteiger partial charge on any atom is 0.262 e. The Bertz CT molecular complexity index is 1070. The number of halogens is 1. The van der Waals surface area contributed by atoms with Crippen molar-refractivity contribution in [3.05, 3.63) is 70.3 Å². The van der Waals surface area contributed by atoms with E-state index in [1.807, 2.05) is 32.0 Å². The van der Waals surface area contributed by atoms with Crippen LogP contribution in [0.15, 0.2) is 58.5 Å². The molecule has 0 saturated heterocycles. The molecule has 0 N–H and O–H groups in total. The van der Waals surface area contributed by atoms with E-state index >= 15 is 0 Å². The molecule has 29 heavy (non-hydrogen) atoms. The highest BCUT2D eigenvalue weighted by atomic mass is 32.2. The van der Waals surface area contributed by atoms with Crippen molar-refractivity contribution in [3.63, 3.8) is 0 Å². The van der Waals surface area contributed by atoms with Crippen LogP contribution < -0.4 is 5.56 Å². The Morgan fingerprint density at radius 2 is 1.90 bits per heavy atom. The molecule has 0 aliphatic carbocycles. The summed E-state index contributed by atoms with van der Waals surface area (Å²) in [6.07, 6.45) is 0.795. The van der Waals surface area contributed by atoms with E-state index in [4.69, 9.17) is 0 Å². The summed E-state index contributed by atoms with van der Waals surface area (Å²) in [5, 5.41) is 1.13. The maximum atomic E-state index is 13.1. The third-order valence-electron chi connectivity index (χ3n) is 4.93. The zero-order valence-corrected chi connectivity index (χ0v) is 17.6. The van der Waals surface area contributed by atoms with Gasteiger partial charge in [0, 0.05) is 13.6 Å². The van der Waals surface area contributed by atoms with E-state index in [9.17, 15) is 14.0 Å². The highest BCUT2D eigenvalue weighted by Gasteiger charge is 2.19. The van der Waals surface area contributed by atoms with Gasteiger partial charge in [0.05, 0.1) is 22.7 Å². The second-order valence-electron chi connectivity index (χ2n) is 6.89. The number of carbonyl (C=O) groups is 1. The first-order chi connectivity index (χ1) is 13.9. The number of hydrogen-bond acceptors (Lipinski definition) is 4. The lowest BCUT2D eigenvalue weighted by Crippen LogP contribution is -2.31. The second-order valence-corrected chi connectivity index (χ2v) is 7.83. The number of aromatic nitrogens is 2. The lowest BCUT2D eigenvalue weighted by molar-refractivity contribution is -0.128. The SMILES string of the molecule is CCCn1c(SCC(=O)N(C)C(C)c2ccc(F)cc2)nc2ccccc2c1=O. The molecule has 0 bridgehead atoms. The van der Waals surface area contributed by atoms with Crippen molar-refractivity contribution < 1.29 is 9.18 Å². The Morgan fingerprint density at radius 1 is 1.21 bits per heavy atom. The summed E-state index contributed by atoms with van der Waals surface area (Å²) in [6.45, 7) is 4.45. The van der Waals surface area contributed by atoms with E-state index in [0.29, 0.717) is 22.6 Å². The average Bonchev–Trinajstić information content (AvgIpc) is 2.74. The number of carbonyl (C=O) groups excluding carboxylic acids is 1. The lowest BCUT2D eigenvalue weighted by atomic mass is 10.1. The average molecular weight is 414 g/mol. The number of para-hydroxylation sites is 1. The normalized spacial score (nSPS) is 12.1. The summed E-state index contributed by atoms with van der Waals surface area (Å²) in [4.78, 5) is 31.8. The molecule has 7 heteroatoms. The summed E-state index contributed by atoms with van der Waals surface area (Å²) in [5.41, 5.74) is 1.41. The van der Waals surface area contributed by atoms with Crippen LogP contribution in [0.1, 0.15) is 31.9 Å². The molecule has 2 aromatic carbocycles. The molecule has 0 spiro atoms. The molecule has 1 amide bonds. The first-order valence-corrected chi connectivity index (χ1v) is 10.5. The van der Waals surface area contributed by atoms with Crippen LogP contribution in [-0.2, 0) is 11.3 Å². The molecule has 1 aromatic heterocycles. The molecule has 3 aromatic rings. The van der Waals surface area contributed by atoms with Gasteiger partial charge in [-0.05, 0) is 43.2 Å². The van der Waals surface area contributed by atoms with Crippen LogP contribution >= 0.6 is 11.8 Å². The first-order valence-electron chi connectivity index (χ1n) is 9.56. The topological polar surface area (TPSA) is 55.2 Å². The van der Waals surface area contributed by atoms with Gasteiger partial charge in [-0.2, -0.15) is 0 Å². The van der Waals surface area contributed by atoms with Crippen molar-refractivity contribution in [2.45, 2.75) is 38.0 Å². The second kappa shape index (κ2) is 9.22. The Hall–Kier alpha value is -2.67. The van der Waals surface area contributed by atoms with Gasteiger partial charge >= 0.3 is 0 Å². The number of amides is 1. The van der Waals surface area contributed by atoms with E-state index in [0.717, 1.165) is 12.0 Å². The number of benzene rings is 2. The summed E-state index contributed by atoms with van der Waals surface area (Å²) in [6, 6.07) is 13.2. The molecule has 1 unspecified atom stereocenters. The van der Waals surface area contributed by atoms with Crippen LogP contribution in [0.25, 0.3) is 10.9 Å². The molecule has 0 aliphatic heterocycles.